The number of hydrogen-bond donors (Lipinski definition) is 0. The summed E-state index contributed by atoms with van der Waals surface area (Å²) in [6.45, 7) is -0.161. The van der Waals surface area contributed by atoms with Gasteiger partial charge in [0.1, 0.15) is 11.6 Å². The van der Waals surface area contributed by atoms with Gasteiger partial charge in [0.15, 0.2) is 11.5 Å². The molecule has 8 heteroatoms. The Morgan fingerprint density at radius 2 is 1.75 bits per heavy atom. The van der Waals surface area contributed by atoms with Crippen LogP contribution in [0.2, 0.25) is 0 Å². The van der Waals surface area contributed by atoms with Crippen molar-refractivity contribution >= 4 is 29.1 Å². The van der Waals surface area contributed by atoms with Gasteiger partial charge in [0, 0.05) is 5.56 Å². The molecule has 164 valence electrons. The van der Waals surface area contributed by atoms with Gasteiger partial charge in [0.2, 0.25) is 0 Å². The number of thioether (sulfide) groups is 1. The van der Waals surface area contributed by atoms with Crippen LogP contribution in [0.4, 0.5) is 4.39 Å². The third kappa shape index (κ3) is 4.13. The first-order chi connectivity index (χ1) is 15.5. The largest absolute Gasteiger partial charge is 0.493 e. The van der Waals surface area contributed by atoms with Crippen LogP contribution in [-0.2, 0) is 21.9 Å². The smallest absolute Gasteiger partial charge is 0.268 e. The second kappa shape index (κ2) is 9.32. The van der Waals surface area contributed by atoms with Gasteiger partial charge in [0.05, 0.1) is 43.3 Å². The number of benzene rings is 2. The lowest BCUT2D eigenvalue weighted by Crippen LogP contribution is -2.31. The fraction of sp³-hybridized carbons (Fsp3) is 0.167. The average Bonchev–Trinajstić information content (AvgIpc) is 3.41. The fourth-order valence-electron chi connectivity index (χ4n) is 3.41. The minimum Gasteiger partial charge on any atom is -0.493 e. The fourth-order valence-corrected chi connectivity index (χ4v) is 4.45. The summed E-state index contributed by atoms with van der Waals surface area (Å²) in [4.78, 5) is 28.0. The molecule has 1 aliphatic heterocycles. The van der Waals surface area contributed by atoms with Gasteiger partial charge in [-0.05, 0) is 35.9 Å². The van der Waals surface area contributed by atoms with Gasteiger partial charge >= 0.3 is 0 Å². The average molecular weight is 453 g/mol. The Morgan fingerprint density at radius 3 is 2.44 bits per heavy atom. The van der Waals surface area contributed by atoms with E-state index in [4.69, 9.17) is 13.9 Å². The lowest BCUT2D eigenvalue weighted by molar-refractivity contribution is -0.137. The molecular weight excluding hydrogens is 433 g/mol. The summed E-state index contributed by atoms with van der Waals surface area (Å²) in [6, 6.07) is 14.7. The normalized spacial score (nSPS) is 13.8. The van der Waals surface area contributed by atoms with Crippen LogP contribution < -0.4 is 9.47 Å². The Kier molecular flexibility index (Phi) is 6.32. The second-order valence-corrected chi connectivity index (χ2v) is 7.92. The number of hydrogen-bond acceptors (Lipinski definition) is 6. The molecule has 1 aromatic heterocycles. The Hall–Kier alpha value is -3.52. The van der Waals surface area contributed by atoms with E-state index in [0.717, 1.165) is 4.90 Å². The van der Waals surface area contributed by atoms with E-state index in [1.54, 1.807) is 54.8 Å². The van der Waals surface area contributed by atoms with E-state index in [-0.39, 0.29) is 22.6 Å². The van der Waals surface area contributed by atoms with E-state index in [1.807, 2.05) is 0 Å². The van der Waals surface area contributed by atoms with E-state index >= 15 is 0 Å². The predicted molar refractivity (Wildman–Crippen MR) is 118 cm³/mol. The number of halogens is 1. The molecule has 0 bridgehead atoms. The van der Waals surface area contributed by atoms with Crippen molar-refractivity contribution in [1.29, 1.82) is 0 Å². The summed E-state index contributed by atoms with van der Waals surface area (Å²) in [5.41, 5.74) is 1.01. The zero-order valence-corrected chi connectivity index (χ0v) is 18.3. The molecular formula is C24H20FNO5S. The maximum Gasteiger partial charge on any atom is 0.268 e. The molecule has 4 rings (SSSR count). The van der Waals surface area contributed by atoms with E-state index in [0.29, 0.717) is 28.6 Å². The van der Waals surface area contributed by atoms with Gasteiger partial charge in [-0.1, -0.05) is 24.3 Å². The molecule has 1 aliphatic rings. The zero-order chi connectivity index (χ0) is 22.7. The first-order valence-electron chi connectivity index (χ1n) is 9.75. The summed E-state index contributed by atoms with van der Waals surface area (Å²) in [5.74, 6) is 0.528. The zero-order valence-electron chi connectivity index (χ0n) is 17.5. The maximum absolute atomic E-state index is 14.2. The van der Waals surface area contributed by atoms with E-state index < -0.39 is 17.6 Å². The molecule has 0 spiro atoms. The van der Waals surface area contributed by atoms with Crippen molar-refractivity contribution in [2.24, 2.45) is 0 Å². The highest BCUT2D eigenvalue weighted by Crippen LogP contribution is 2.40. The molecule has 2 aromatic carbocycles. The van der Waals surface area contributed by atoms with Gasteiger partial charge in [-0.2, -0.15) is 0 Å². The number of furan rings is 1. The lowest BCUT2D eigenvalue weighted by atomic mass is 10.1. The van der Waals surface area contributed by atoms with Crippen molar-refractivity contribution in [2.45, 2.75) is 12.3 Å². The number of imide groups is 1. The van der Waals surface area contributed by atoms with Gasteiger partial charge in [0.25, 0.3) is 11.8 Å². The van der Waals surface area contributed by atoms with Crippen LogP contribution in [-0.4, -0.2) is 30.9 Å². The standard InChI is InChI=1S/C24H20FNO5S/c1-29-19-10-9-15(12-20(19)30-2)21-22(32-14-17-7-5-11-31-17)24(28)26(23(21)27)13-16-6-3-4-8-18(16)25/h3-12H,13-14H2,1-2H3. The van der Waals surface area contributed by atoms with Gasteiger partial charge in [-0.3, -0.25) is 14.5 Å². The molecule has 32 heavy (non-hydrogen) atoms. The molecule has 0 atom stereocenters. The quantitative estimate of drug-likeness (QED) is 0.463. The minimum absolute atomic E-state index is 0.161. The van der Waals surface area contributed by atoms with Crippen LogP contribution in [0, 0.1) is 5.82 Å². The topological polar surface area (TPSA) is 69.0 Å². The Balaban J connectivity index is 1.73. The van der Waals surface area contributed by atoms with Crippen LogP contribution in [0.1, 0.15) is 16.9 Å². The molecule has 2 heterocycles. The van der Waals surface area contributed by atoms with Crippen molar-refractivity contribution in [2.75, 3.05) is 14.2 Å². The van der Waals surface area contributed by atoms with Gasteiger partial charge < -0.3 is 13.9 Å². The first kappa shape index (κ1) is 21.7. The maximum atomic E-state index is 14.2. The molecule has 0 N–H and O–H groups in total. The molecule has 0 unspecified atom stereocenters. The van der Waals surface area contributed by atoms with Crippen molar-refractivity contribution in [3.63, 3.8) is 0 Å². The number of rotatable bonds is 8. The Labute approximate surface area is 188 Å². The van der Waals surface area contributed by atoms with Crippen molar-refractivity contribution in [3.05, 3.63) is 88.5 Å². The summed E-state index contributed by atoms with van der Waals surface area (Å²) >= 11 is 1.21. The predicted octanol–water partition coefficient (Wildman–Crippen LogP) is 4.65. The van der Waals surface area contributed by atoms with E-state index in [1.165, 1.54) is 32.0 Å². The minimum atomic E-state index is -0.493. The number of carbonyl (C=O) groups excluding carboxylic acids is 2. The summed E-state index contributed by atoms with van der Waals surface area (Å²) in [5, 5.41) is 0. The number of amides is 2. The SMILES string of the molecule is COc1ccc(C2=C(SCc3ccco3)C(=O)N(Cc3ccccc3F)C2=O)cc1OC. The first-order valence-corrected chi connectivity index (χ1v) is 10.7. The van der Waals surface area contributed by atoms with E-state index in [2.05, 4.69) is 0 Å². The van der Waals surface area contributed by atoms with Crippen molar-refractivity contribution < 1.29 is 27.9 Å². The highest BCUT2D eigenvalue weighted by molar-refractivity contribution is 8.03. The Bertz CT molecular complexity index is 1190. The van der Waals surface area contributed by atoms with Crippen LogP contribution in [0.15, 0.2) is 70.2 Å². The monoisotopic (exact) mass is 453 g/mol. The molecule has 0 radical (unpaired) electrons. The van der Waals surface area contributed by atoms with Crippen LogP contribution in [0.25, 0.3) is 5.57 Å². The number of carbonyl (C=O) groups is 2. The third-order valence-electron chi connectivity index (χ3n) is 5.02. The van der Waals surface area contributed by atoms with E-state index in [9.17, 15) is 14.0 Å². The molecule has 3 aromatic rings. The Morgan fingerprint density at radius 1 is 0.969 bits per heavy atom. The molecule has 0 aliphatic carbocycles. The highest BCUT2D eigenvalue weighted by atomic mass is 32.2. The summed E-state index contributed by atoms with van der Waals surface area (Å²) in [7, 11) is 3.01. The van der Waals surface area contributed by atoms with Crippen LogP contribution in [0.3, 0.4) is 0 Å². The number of methoxy groups -OCH3 is 2. The molecule has 0 fully saturated rings. The van der Waals surface area contributed by atoms with Crippen LogP contribution >= 0.6 is 11.8 Å². The summed E-state index contributed by atoms with van der Waals surface area (Å²) in [6.07, 6.45) is 1.55. The lowest BCUT2D eigenvalue weighted by Gasteiger charge is -2.16. The van der Waals surface area contributed by atoms with Crippen molar-refractivity contribution in [3.8, 4) is 11.5 Å². The second-order valence-electron chi connectivity index (χ2n) is 6.93. The summed E-state index contributed by atoms with van der Waals surface area (Å²) < 4.78 is 30.2. The van der Waals surface area contributed by atoms with Gasteiger partial charge in [-0.25, -0.2) is 4.39 Å². The van der Waals surface area contributed by atoms with Crippen molar-refractivity contribution in [1.82, 2.24) is 4.90 Å². The molecule has 6 nitrogen and oxygen atoms in total. The third-order valence-corrected chi connectivity index (χ3v) is 6.12. The van der Waals surface area contributed by atoms with Crippen LogP contribution in [0.5, 0.6) is 11.5 Å². The number of ether oxygens (including phenoxy) is 2. The molecule has 0 saturated heterocycles. The molecule has 2 amide bonds. The highest BCUT2D eigenvalue weighted by Gasteiger charge is 2.39. The number of nitrogens with zero attached hydrogens (tertiary/aromatic N) is 1. The van der Waals surface area contributed by atoms with Gasteiger partial charge in [-0.15, -0.1) is 11.8 Å². The molecule has 0 saturated carbocycles.